The average Bonchev–Trinajstić information content (AvgIpc) is 2.40. The number of pyridine rings is 1. The van der Waals surface area contributed by atoms with E-state index < -0.39 is 17.8 Å². The van der Waals surface area contributed by atoms with Gasteiger partial charge in [-0.1, -0.05) is 18.2 Å². The molecule has 0 amide bonds. The van der Waals surface area contributed by atoms with Crippen molar-refractivity contribution in [2.24, 2.45) is 5.73 Å². The molecule has 2 N–H and O–H groups in total. The van der Waals surface area contributed by atoms with Gasteiger partial charge in [0.15, 0.2) is 0 Å². The van der Waals surface area contributed by atoms with Crippen LogP contribution in [0.2, 0.25) is 0 Å². The highest BCUT2D eigenvalue weighted by molar-refractivity contribution is 5.28. The van der Waals surface area contributed by atoms with E-state index in [1.165, 1.54) is 6.07 Å². The zero-order valence-electron chi connectivity index (χ0n) is 11.0. The highest BCUT2D eigenvalue weighted by Gasteiger charge is 2.30. The Morgan fingerprint density at radius 3 is 2.55 bits per heavy atom. The number of benzene rings is 1. The fraction of sp³-hybridized carbons (Fsp3) is 0.267. The van der Waals surface area contributed by atoms with Crippen molar-refractivity contribution in [3.8, 4) is 0 Å². The third-order valence-electron chi connectivity index (χ3n) is 3.04. The van der Waals surface area contributed by atoms with Crippen molar-refractivity contribution in [3.05, 3.63) is 65.0 Å². The smallest absolute Gasteiger partial charge is 0.324 e. The SMILES string of the molecule is Cc1ccc(CC(N)c2cccc(C(F)(F)F)c2)nc1. The van der Waals surface area contributed by atoms with E-state index in [2.05, 4.69) is 4.98 Å². The number of nitrogens with zero attached hydrogens (tertiary/aromatic N) is 1. The molecule has 0 fully saturated rings. The van der Waals surface area contributed by atoms with Gasteiger partial charge < -0.3 is 5.73 Å². The number of aromatic nitrogens is 1. The van der Waals surface area contributed by atoms with Crippen LogP contribution in [-0.2, 0) is 12.6 Å². The van der Waals surface area contributed by atoms with Crippen molar-refractivity contribution in [1.82, 2.24) is 4.98 Å². The van der Waals surface area contributed by atoms with Gasteiger partial charge >= 0.3 is 6.18 Å². The van der Waals surface area contributed by atoms with E-state index in [4.69, 9.17) is 5.73 Å². The standard InChI is InChI=1S/C15H15F3N2/c1-10-5-6-13(20-9-10)8-14(19)11-3-2-4-12(7-11)15(16,17)18/h2-7,9,14H,8,19H2,1H3. The van der Waals surface area contributed by atoms with Gasteiger partial charge in [0.2, 0.25) is 0 Å². The first kappa shape index (κ1) is 14.5. The Hall–Kier alpha value is -1.88. The van der Waals surface area contributed by atoms with Crippen LogP contribution < -0.4 is 5.73 Å². The lowest BCUT2D eigenvalue weighted by Gasteiger charge is -2.14. The summed E-state index contributed by atoms with van der Waals surface area (Å²) in [4.78, 5) is 4.21. The monoisotopic (exact) mass is 280 g/mol. The van der Waals surface area contributed by atoms with E-state index in [0.717, 1.165) is 23.4 Å². The maximum atomic E-state index is 12.6. The Morgan fingerprint density at radius 1 is 1.20 bits per heavy atom. The normalized spacial score (nSPS) is 13.2. The van der Waals surface area contributed by atoms with Crippen LogP contribution in [0.25, 0.3) is 0 Å². The number of halogens is 3. The molecule has 2 aromatic rings. The quantitative estimate of drug-likeness (QED) is 0.932. The van der Waals surface area contributed by atoms with Gasteiger partial charge in [0, 0.05) is 24.4 Å². The van der Waals surface area contributed by atoms with Gasteiger partial charge in [-0.05, 0) is 36.2 Å². The average molecular weight is 280 g/mol. The molecular weight excluding hydrogens is 265 g/mol. The summed E-state index contributed by atoms with van der Waals surface area (Å²) in [6.45, 7) is 1.92. The molecule has 0 aliphatic rings. The molecule has 1 unspecified atom stereocenters. The van der Waals surface area contributed by atoms with E-state index in [1.807, 2.05) is 19.1 Å². The Bertz CT molecular complexity index is 576. The summed E-state index contributed by atoms with van der Waals surface area (Å²) in [7, 11) is 0. The van der Waals surface area contributed by atoms with Crippen molar-refractivity contribution in [2.75, 3.05) is 0 Å². The Kier molecular flexibility index (Phi) is 4.09. The molecule has 1 atom stereocenters. The van der Waals surface area contributed by atoms with E-state index in [-0.39, 0.29) is 0 Å². The predicted molar refractivity (Wildman–Crippen MR) is 71.1 cm³/mol. The number of hydrogen-bond donors (Lipinski definition) is 1. The maximum absolute atomic E-state index is 12.6. The highest BCUT2D eigenvalue weighted by atomic mass is 19.4. The molecule has 0 saturated heterocycles. The van der Waals surface area contributed by atoms with Crippen LogP contribution in [0.5, 0.6) is 0 Å². The molecule has 0 aliphatic carbocycles. The second-order valence-electron chi connectivity index (χ2n) is 4.76. The van der Waals surface area contributed by atoms with Crippen LogP contribution >= 0.6 is 0 Å². The van der Waals surface area contributed by atoms with Gasteiger partial charge in [-0.15, -0.1) is 0 Å². The highest BCUT2D eigenvalue weighted by Crippen LogP contribution is 2.30. The number of rotatable bonds is 3. The maximum Gasteiger partial charge on any atom is 0.416 e. The Balaban J connectivity index is 2.17. The second-order valence-corrected chi connectivity index (χ2v) is 4.76. The molecule has 0 spiro atoms. The zero-order chi connectivity index (χ0) is 14.8. The molecular formula is C15H15F3N2. The first-order valence-electron chi connectivity index (χ1n) is 6.20. The molecule has 2 nitrogen and oxygen atoms in total. The minimum absolute atomic E-state index is 0.404. The summed E-state index contributed by atoms with van der Waals surface area (Å²) in [6.07, 6.45) is -2.23. The molecule has 0 bridgehead atoms. The van der Waals surface area contributed by atoms with Gasteiger partial charge in [0.25, 0.3) is 0 Å². The van der Waals surface area contributed by atoms with Crippen LogP contribution in [-0.4, -0.2) is 4.98 Å². The first-order chi connectivity index (χ1) is 9.36. The van der Waals surface area contributed by atoms with E-state index in [1.54, 1.807) is 12.3 Å². The van der Waals surface area contributed by atoms with Crippen LogP contribution in [0.15, 0.2) is 42.6 Å². The van der Waals surface area contributed by atoms with Crippen molar-refractivity contribution < 1.29 is 13.2 Å². The summed E-state index contributed by atoms with van der Waals surface area (Å²) < 4.78 is 37.9. The summed E-state index contributed by atoms with van der Waals surface area (Å²) in [5.41, 5.74) is 7.55. The number of aryl methyl sites for hydroxylation is 1. The van der Waals surface area contributed by atoms with Crippen molar-refractivity contribution >= 4 is 0 Å². The lowest BCUT2D eigenvalue weighted by molar-refractivity contribution is -0.137. The molecule has 2 rings (SSSR count). The summed E-state index contributed by atoms with van der Waals surface area (Å²) in [5, 5.41) is 0. The zero-order valence-corrected chi connectivity index (χ0v) is 11.0. The number of alkyl halides is 3. The molecule has 0 saturated carbocycles. The first-order valence-corrected chi connectivity index (χ1v) is 6.20. The fourth-order valence-corrected chi connectivity index (χ4v) is 1.91. The van der Waals surface area contributed by atoms with Crippen molar-refractivity contribution in [2.45, 2.75) is 25.6 Å². The van der Waals surface area contributed by atoms with Crippen LogP contribution in [0.1, 0.15) is 28.4 Å². The van der Waals surface area contributed by atoms with Gasteiger partial charge in [-0.3, -0.25) is 4.98 Å². The molecule has 1 aromatic heterocycles. The summed E-state index contributed by atoms with van der Waals surface area (Å²) in [5.74, 6) is 0. The van der Waals surface area contributed by atoms with E-state index in [9.17, 15) is 13.2 Å². The lowest BCUT2D eigenvalue weighted by Crippen LogP contribution is -2.15. The Labute approximate surface area is 115 Å². The molecule has 1 aromatic carbocycles. The van der Waals surface area contributed by atoms with Crippen LogP contribution in [0.4, 0.5) is 13.2 Å². The number of hydrogen-bond acceptors (Lipinski definition) is 2. The van der Waals surface area contributed by atoms with Crippen molar-refractivity contribution in [3.63, 3.8) is 0 Å². The predicted octanol–water partition coefficient (Wildman–Crippen LogP) is 3.65. The molecule has 5 heteroatoms. The Morgan fingerprint density at radius 2 is 1.95 bits per heavy atom. The summed E-state index contributed by atoms with van der Waals surface area (Å²) in [6, 6.07) is 8.35. The molecule has 0 radical (unpaired) electrons. The minimum atomic E-state index is -4.35. The van der Waals surface area contributed by atoms with Gasteiger partial charge in [0.1, 0.15) is 0 Å². The fourth-order valence-electron chi connectivity index (χ4n) is 1.91. The minimum Gasteiger partial charge on any atom is -0.324 e. The van der Waals surface area contributed by atoms with Crippen molar-refractivity contribution in [1.29, 1.82) is 0 Å². The van der Waals surface area contributed by atoms with Gasteiger partial charge in [-0.25, -0.2) is 0 Å². The van der Waals surface area contributed by atoms with Gasteiger partial charge in [-0.2, -0.15) is 13.2 Å². The van der Waals surface area contributed by atoms with Gasteiger partial charge in [0.05, 0.1) is 5.56 Å². The molecule has 20 heavy (non-hydrogen) atoms. The topological polar surface area (TPSA) is 38.9 Å². The largest absolute Gasteiger partial charge is 0.416 e. The summed E-state index contributed by atoms with van der Waals surface area (Å²) >= 11 is 0. The third kappa shape index (κ3) is 3.57. The molecule has 106 valence electrons. The van der Waals surface area contributed by atoms with Crippen LogP contribution in [0, 0.1) is 6.92 Å². The second kappa shape index (κ2) is 5.63. The van der Waals surface area contributed by atoms with E-state index >= 15 is 0 Å². The number of nitrogens with two attached hydrogens (primary N) is 1. The van der Waals surface area contributed by atoms with Crippen LogP contribution in [0.3, 0.4) is 0 Å². The van der Waals surface area contributed by atoms with E-state index in [0.29, 0.717) is 12.0 Å². The molecule has 0 aliphatic heterocycles. The lowest BCUT2D eigenvalue weighted by atomic mass is 10.00. The molecule has 1 heterocycles. The third-order valence-corrected chi connectivity index (χ3v) is 3.04.